The molecule has 0 aliphatic carbocycles. The molecular weight excluding hydrogens is 548 g/mol. The number of nitrogens with zero attached hydrogens (tertiary/aromatic N) is 7. The summed E-state index contributed by atoms with van der Waals surface area (Å²) >= 11 is 6.29. The first kappa shape index (κ1) is 27.4. The van der Waals surface area contributed by atoms with Crippen molar-refractivity contribution in [3.05, 3.63) is 35.3 Å². The molecule has 0 spiro atoms. The van der Waals surface area contributed by atoms with Gasteiger partial charge in [-0.05, 0) is 25.0 Å². The van der Waals surface area contributed by atoms with Crippen LogP contribution >= 0.6 is 24.2 Å². The maximum absolute atomic E-state index is 11.3. The first-order valence-corrected chi connectivity index (χ1v) is 15.0. The summed E-state index contributed by atoms with van der Waals surface area (Å²) in [7, 11) is 0. The number of fused-ring (bicyclic) bond motifs is 2. The minimum absolute atomic E-state index is 0.286. The zero-order valence-corrected chi connectivity index (χ0v) is 24.0. The van der Waals surface area contributed by atoms with E-state index in [0.29, 0.717) is 32.0 Å². The maximum Gasteiger partial charge on any atom is 0.243 e. The molecule has 5 heterocycles. The van der Waals surface area contributed by atoms with E-state index in [1.165, 1.54) is 4.88 Å². The SMILES string of the molecule is O=C(CCCCn1cc2c(-c3nc(N4CCOCC4)c4sc(CN5CCN(S)CC5)cc4n3)cccc2n1)NO. The van der Waals surface area contributed by atoms with E-state index in [1.54, 1.807) is 16.8 Å². The summed E-state index contributed by atoms with van der Waals surface area (Å²) in [6.07, 6.45) is 3.78. The molecule has 2 N–H and O–H groups in total. The molecule has 212 valence electrons. The summed E-state index contributed by atoms with van der Waals surface area (Å²) < 4.78 is 10.8. The number of unbranched alkanes of at least 4 members (excludes halogenated alkanes) is 1. The largest absolute Gasteiger partial charge is 0.378 e. The van der Waals surface area contributed by atoms with Gasteiger partial charge in [-0.1, -0.05) is 24.9 Å². The highest BCUT2D eigenvalue weighted by atomic mass is 32.1. The van der Waals surface area contributed by atoms with Gasteiger partial charge in [-0.15, -0.1) is 11.3 Å². The molecule has 40 heavy (non-hydrogen) atoms. The maximum atomic E-state index is 11.3. The minimum Gasteiger partial charge on any atom is -0.378 e. The summed E-state index contributed by atoms with van der Waals surface area (Å²) in [6.45, 7) is 8.52. The monoisotopic (exact) mass is 582 g/mol. The molecule has 0 atom stereocenters. The molecule has 11 nitrogen and oxygen atoms in total. The van der Waals surface area contributed by atoms with E-state index < -0.39 is 0 Å². The van der Waals surface area contributed by atoms with Gasteiger partial charge in [0.15, 0.2) is 11.6 Å². The molecule has 0 bridgehead atoms. The van der Waals surface area contributed by atoms with Crippen molar-refractivity contribution in [2.24, 2.45) is 0 Å². The summed E-state index contributed by atoms with van der Waals surface area (Å²) in [6, 6.07) is 8.30. The average molecular weight is 583 g/mol. The third kappa shape index (κ3) is 6.09. The molecule has 0 unspecified atom stereocenters. The van der Waals surface area contributed by atoms with Crippen molar-refractivity contribution in [3.63, 3.8) is 0 Å². The number of nitrogens with one attached hydrogen (secondary N) is 1. The lowest BCUT2D eigenvalue weighted by atomic mass is 10.1. The van der Waals surface area contributed by atoms with Gasteiger partial charge in [-0.3, -0.25) is 23.9 Å². The van der Waals surface area contributed by atoms with Crippen LogP contribution in [-0.2, 0) is 22.6 Å². The van der Waals surface area contributed by atoms with Gasteiger partial charge in [0, 0.05) is 80.8 Å². The summed E-state index contributed by atoms with van der Waals surface area (Å²) in [5.74, 6) is 1.31. The fraction of sp³-hybridized carbons (Fsp3) is 0.481. The van der Waals surface area contributed by atoms with E-state index in [9.17, 15) is 4.79 Å². The number of hydrogen-bond acceptors (Lipinski definition) is 11. The van der Waals surface area contributed by atoms with Gasteiger partial charge in [0.2, 0.25) is 5.91 Å². The Morgan fingerprint density at radius 2 is 1.90 bits per heavy atom. The van der Waals surface area contributed by atoms with Gasteiger partial charge >= 0.3 is 0 Å². The molecule has 6 rings (SSSR count). The molecule has 4 aromatic rings. The Labute approximate surface area is 242 Å². The van der Waals surface area contributed by atoms with E-state index in [1.807, 2.05) is 23.0 Å². The van der Waals surface area contributed by atoms with Crippen LogP contribution in [0.25, 0.3) is 32.5 Å². The van der Waals surface area contributed by atoms with Crippen LogP contribution in [0.4, 0.5) is 5.82 Å². The third-order valence-electron chi connectivity index (χ3n) is 7.45. The Kier molecular flexibility index (Phi) is 8.46. The average Bonchev–Trinajstić information content (AvgIpc) is 3.59. The summed E-state index contributed by atoms with van der Waals surface area (Å²) in [4.78, 5) is 27.6. The molecule has 0 saturated carbocycles. The third-order valence-corrected chi connectivity index (χ3v) is 8.95. The van der Waals surface area contributed by atoms with Gasteiger partial charge in [0.25, 0.3) is 0 Å². The standard InChI is InChI=1S/C27H34N8O3S2/c36-24(31-37)6-1-2-7-34-18-21-20(4-3-5-22(21)30-34)26-28-23-16-19(17-32-8-10-35(39)11-9-32)40-25(23)27(29-26)33-12-14-38-15-13-33/h3-5,16,18,37,39H,1-2,6-15,17H2,(H,31,36). The number of thiol groups is 1. The normalized spacial score (nSPS) is 17.2. The number of rotatable bonds is 9. The predicted molar refractivity (Wildman–Crippen MR) is 159 cm³/mol. The van der Waals surface area contributed by atoms with Gasteiger partial charge < -0.3 is 9.64 Å². The molecule has 1 aromatic carbocycles. The quantitative estimate of drug-likeness (QED) is 0.119. The molecular formula is C27H34N8O3S2. The van der Waals surface area contributed by atoms with Crippen LogP contribution < -0.4 is 10.4 Å². The number of thiophene rings is 1. The Hall–Kier alpha value is -2.81. The lowest BCUT2D eigenvalue weighted by molar-refractivity contribution is -0.129. The lowest BCUT2D eigenvalue weighted by Crippen LogP contribution is -2.41. The number of carbonyl (C=O) groups excluding carboxylic acids is 1. The lowest BCUT2D eigenvalue weighted by Gasteiger charge is -2.31. The van der Waals surface area contributed by atoms with Crippen LogP contribution in [0.3, 0.4) is 0 Å². The second-order valence-electron chi connectivity index (χ2n) is 10.2. The fourth-order valence-corrected chi connectivity index (χ4v) is 6.62. The van der Waals surface area contributed by atoms with Crippen LogP contribution in [-0.4, -0.2) is 92.6 Å². The number of aryl methyl sites for hydroxylation is 1. The number of hydroxylamine groups is 1. The number of morpholine rings is 1. The van der Waals surface area contributed by atoms with Crippen LogP contribution in [0.5, 0.6) is 0 Å². The van der Waals surface area contributed by atoms with Gasteiger partial charge in [0.05, 0.1) is 28.9 Å². The van der Waals surface area contributed by atoms with Crippen LogP contribution in [0.15, 0.2) is 30.5 Å². The Balaban J connectivity index is 1.32. The van der Waals surface area contributed by atoms with Crippen molar-refractivity contribution >= 4 is 57.0 Å². The number of carbonyl (C=O) groups is 1. The molecule has 2 fully saturated rings. The Bertz CT molecular complexity index is 1480. The molecule has 1 amide bonds. The van der Waals surface area contributed by atoms with E-state index in [-0.39, 0.29) is 12.3 Å². The Morgan fingerprint density at radius 1 is 1.07 bits per heavy atom. The molecule has 2 aliphatic heterocycles. The summed E-state index contributed by atoms with van der Waals surface area (Å²) in [5.41, 5.74) is 4.50. The molecule has 13 heteroatoms. The first-order valence-electron chi connectivity index (χ1n) is 13.8. The number of benzene rings is 1. The Morgan fingerprint density at radius 3 is 2.70 bits per heavy atom. The number of aromatic nitrogens is 4. The predicted octanol–water partition coefficient (Wildman–Crippen LogP) is 3.18. The molecule has 0 radical (unpaired) electrons. The second kappa shape index (κ2) is 12.4. The molecule has 2 saturated heterocycles. The van der Waals surface area contributed by atoms with Crippen molar-refractivity contribution in [2.75, 3.05) is 57.4 Å². The zero-order chi connectivity index (χ0) is 27.5. The van der Waals surface area contributed by atoms with Crippen molar-refractivity contribution in [1.82, 2.24) is 34.4 Å². The summed E-state index contributed by atoms with van der Waals surface area (Å²) in [5, 5.41) is 14.5. The molecule has 3 aromatic heterocycles. The van der Waals surface area contributed by atoms with E-state index in [0.717, 1.165) is 84.7 Å². The highest BCUT2D eigenvalue weighted by molar-refractivity contribution is 7.77. The minimum atomic E-state index is -0.367. The highest BCUT2D eigenvalue weighted by Gasteiger charge is 2.22. The van der Waals surface area contributed by atoms with Gasteiger partial charge in [-0.2, -0.15) is 5.10 Å². The van der Waals surface area contributed by atoms with E-state index in [2.05, 4.69) is 39.1 Å². The number of hydrogen-bond donors (Lipinski definition) is 3. The van der Waals surface area contributed by atoms with Crippen molar-refractivity contribution in [2.45, 2.75) is 32.4 Å². The van der Waals surface area contributed by atoms with Gasteiger partial charge in [-0.25, -0.2) is 15.4 Å². The molecule has 2 aliphatic rings. The number of ether oxygens (including phenoxy) is 1. The van der Waals surface area contributed by atoms with Crippen LogP contribution in [0, 0.1) is 0 Å². The zero-order valence-electron chi connectivity index (χ0n) is 22.3. The fourth-order valence-electron chi connectivity index (χ4n) is 5.28. The van der Waals surface area contributed by atoms with Crippen molar-refractivity contribution in [3.8, 4) is 11.4 Å². The topological polar surface area (TPSA) is 112 Å². The highest BCUT2D eigenvalue weighted by Crippen LogP contribution is 2.36. The first-order chi connectivity index (χ1) is 19.6. The van der Waals surface area contributed by atoms with E-state index >= 15 is 0 Å². The van der Waals surface area contributed by atoms with Gasteiger partial charge in [0.1, 0.15) is 0 Å². The van der Waals surface area contributed by atoms with Crippen LogP contribution in [0.2, 0.25) is 0 Å². The number of amides is 1. The van der Waals surface area contributed by atoms with E-state index in [4.69, 9.17) is 25.0 Å². The van der Waals surface area contributed by atoms with Crippen molar-refractivity contribution < 1.29 is 14.7 Å². The van der Waals surface area contributed by atoms with Crippen LogP contribution in [0.1, 0.15) is 24.1 Å². The smallest absolute Gasteiger partial charge is 0.243 e. The second-order valence-corrected chi connectivity index (χ2v) is 12.0. The number of anilines is 1. The number of piperazine rings is 1. The van der Waals surface area contributed by atoms with Crippen molar-refractivity contribution in [1.29, 1.82) is 0 Å².